The maximum Gasteiger partial charge on any atom is 0.259 e. The van der Waals surface area contributed by atoms with Gasteiger partial charge >= 0.3 is 0 Å². The van der Waals surface area contributed by atoms with E-state index in [1.54, 1.807) is 24.5 Å². The largest absolute Gasteiger partial charge is 0.354 e. The molecule has 7 nitrogen and oxygen atoms in total. The van der Waals surface area contributed by atoms with E-state index >= 15 is 0 Å². The summed E-state index contributed by atoms with van der Waals surface area (Å²) >= 11 is 1.61. The highest BCUT2D eigenvalue weighted by Gasteiger charge is 2.25. The molecule has 134 valence electrons. The van der Waals surface area contributed by atoms with E-state index in [0.29, 0.717) is 18.1 Å². The standard InChI is InChI=1S/C18H19N5O2S/c1-12-20-18(25-22-12)13-4-5-16(19-10-13)23-7-6-14(11-23)21-17(24)9-15-3-2-8-26-15/h2-5,8,10,14H,6-7,9,11H2,1H3,(H,21,24). The Kier molecular flexibility index (Phi) is 4.66. The Morgan fingerprint density at radius 1 is 1.42 bits per heavy atom. The van der Waals surface area contributed by atoms with Crippen LogP contribution in [0.1, 0.15) is 17.1 Å². The summed E-state index contributed by atoms with van der Waals surface area (Å²) in [6, 6.07) is 7.99. The minimum absolute atomic E-state index is 0.0781. The highest BCUT2D eigenvalue weighted by molar-refractivity contribution is 7.10. The SMILES string of the molecule is Cc1noc(-c2ccc(N3CCC(NC(=O)Cc4cccs4)C3)nc2)n1. The number of aryl methyl sites for hydroxylation is 1. The van der Waals surface area contributed by atoms with Gasteiger partial charge in [-0.3, -0.25) is 4.79 Å². The molecule has 3 aromatic rings. The molecule has 8 heteroatoms. The number of thiophene rings is 1. The Bertz CT molecular complexity index is 875. The number of aromatic nitrogens is 3. The summed E-state index contributed by atoms with van der Waals surface area (Å²) in [7, 11) is 0. The van der Waals surface area contributed by atoms with Crippen molar-refractivity contribution in [2.24, 2.45) is 0 Å². The third-order valence-corrected chi connectivity index (χ3v) is 5.19. The van der Waals surface area contributed by atoms with Crippen LogP contribution in [-0.2, 0) is 11.2 Å². The highest BCUT2D eigenvalue weighted by Crippen LogP contribution is 2.22. The number of amides is 1. The van der Waals surface area contributed by atoms with Crippen molar-refractivity contribution in [2.75, 3.05) is 18.0 Å². The quantitative estimate of drug-likeness (QED) is 0.744. The summed E-state index contributed by atoms with van der Waals surface area (Å²) in [4.78, 5) is 24.1. The Labute approximate surface area is 155 Å². The van der Waals surface area contributed by atoms with Crippen LogP contribution >= 0.6 is 11.3 Å². The number of hydrogen-bond acceptors (Lipinski definition) is 7. The fourth-order valence-electron chi connectivity index (χ4n) is 3.05. The van der Waals surface area contributed by atoms with E-state index in [-0.39, 0.29) is 11.9 Å². The summed E-state index contributed by atoms with van der Waals surface area (Å²) in [5.74, 6) is 2.04. The molecule has 0 aromatic carbocycles. The number of nitrogens with zero attached hydrogens (tertiary/aromatic N) is 4. The fourth-order valence-corrected chi connectivity index (χ4v) is 3.75. The Morgan fingerprint density at radius 2 is 2.35 bits per heavy atom. The van der Waals surface area contributed by atoms with Crippen molar-refractivity contribution in [1.29, 1.82) is 0 Å². The summed E-state index contributed by atoms with van der Waals surface area (Å²) in [5, 5.41) is 8.91. The van der Waals surface area contributed by atoms with Gasteiger partial charge in [-0.25, -0.2) is 4.98 Å². The lowest BCUT2D eigenvalue weighted by molar-refractivity contribution is -0.120. The van der Waals surface area contributed by atoms with E-state index in [1.807, 2.05) is 29.6 Å². The average Bonchev–Trinajstić information content (AvgIpc) is 3.38. The lowest BCUT2D eigenvalue weighted by Crippen LogP contribution is -2.37. The number of rotatable bonds is 5. The van der Waals surface area contributed by atoms with Gasteiger partial charge in [0.05, 0.1) is 12.0 Å². The number of nitrogens with one attached hydrogen (secondary N) is 1. The Morgan fingerprint density at radius 3 is 3.04 bits per heavy atom. The zero-order chi connectivity index (χ0) is 17.9. The lowest BCUT2D eigenvalue weighted by atomic mass is 10.2. The molecule has 1 saturated heterocycles. The van der Waals surface area contributed by atoms with E-state index < -0.39 is 0 Å². The molecule has 1 unspecified atom stereocenters. The van der Waals surface area contributed by atoms with Crippen molar-refractivity contribution in [1.82, 2.24) is 20.4 Å². The molecule has 4 rings (SSSR count). The molecule has 1 aliphatic heterocycles. The molecule has 0 spiro atoms. The average molecular weight is 369 g/mol. The normalized spacial score (nSPS) is 16.8. The second-order valence-electron chi connectivity index (χ2n) is 6.31. The van der Waals surface area contributed by atoms with Crippen LogP contribution in [0.5, 0.6) is 0 Å². The van der Waals surface area contributed by atoms with Crippen LogP contribution in [0.3, 0.4) is 0 Å². The second kappa shape index (κ2) is 7.25. The third-order valence-electron chi connectivity index (χ3n) is 4.31. The van der Waals surface area contributed by atoms with Crippen molar-refractivity contribution in [3.63, 3.8) is 0 Å². The van der Waals surface area contributed by atoms with Crippen LogP contribution in [0.2, 0.25) is 0 Å². The van der Waals surface area contributed by atoms with E-state index in [1.165, 1.54) is 0 Å². The number of hydrogen-bond donors (Lipinski definition) is 1. The summed E-state index contributed by atoms with van der Waals surface area (Å²) < 4.78 is 5.16. The van der Waals surface area contributed by atoms with Crippen molar-refractivity contribution in [3.05, 3.63) is 46.5 Å². The number of carbonyl (C=O) groups excluding carboxylic acids is 1. The number of carbonyl (C=O) groups is 1. The Hall–Kier alpha value is -2.74. The zero-order valence-electron chi connectivity index (χ0n) is 14.4. The molecule has 3 aromatic heterocycles. The van der Waals surface area contributed by atoms with Gasteiger partial charge in [-0.1, -0.05) is 11.2 Å². The van der Waals surface area contributed by atoms with Crippen LogP contribution < -0.4 is 10.2 Å². The molecule has 0 aliphatic carbocycles. The smallest absolute Gasteiger partial charge is 0.259 e. The van der Waals surface area contributed by atoms with Crippen LogP contribution in [-0.4, -0.2) is 40.2 Å². The first-order valence-electron chi connectivity index (χ1n) is 8.51. The van der Waals surface area contributed by atoms with Crippen molar-refractivity contribution in [2.45, 2.75) is 25.8 Å². The molecule has 1 amide bonds. The topological polar surface area (TPSA) is 84.2 Å². The minimum atomic E-state index is 0.0781. The van der Waals surface area contributed by atoms with Gasteiger partial charge in [0.2, 0.25) is 5.91 Å². The summed E-state index contributed by atoms with van der Waals surface area (Å²) in [5.41, 5.74) is 0.800. The highest BCUT2D eigenvalue weighted by atomic mass is 32.1. The number of pyridine rings is 1. The fraction of sp³-hybridized carbons (Fsp3) is 0.333. The van der Waals surface area contributed by atoms with Gasteiger partial charge in [0, 0.05) is 30.2 Å². The number of anilines is 1. The van der Waals surface area contributed by atoms with Crippen molar-refractivity contribution >= 4 is 23.1 Å². The maximum absolute atomic E-state index is 12.2. The molecule has 0 radical (unpaired) electrons. The molecule has 1 fully saturated rings. The van der Waals surface area contributed by atoms with Crippen molar-refractivity contribution in [3.8, 4) is 11.5 Å². The predicted molar refractivity (Wildman–Crippen MR) is 99.0 cm³/mol. The Balaban J connectivity index is 1.34. The van der Waals surface area contributed by atoms with E-state index in [2.05, 4.69) is 25.3 Å². The maximum atomic E-state index is 12.2. The van der Waals surface area contributed by atoms with Gasteiger partial charge in [0.25, 0.3) is 5.89 Å². The second-order valence-corrected chi connectivity index (χ2v) is 7.34. The van der Waals surface area contributed by atoms with Gasteiger partial charge in [-0.05, 0) is 36.9 Å². The first kappa shape index (κ1) is 16.7. The van der Waals surface area contributed by atoms with Gasteiger partial charge < -0.3 is 14.7 Å². The van der Waals surface area contributed by atoms with Gasteiger partial charge in [0.15, 0.2) is 5.82 Å². The monoisotopic (exact) mass is 369 g/mol. The summed E-state index contributed by atoms with van der Waals surface area (Å²) in [6.45, 7) is 3.42. The van der Waals surface area contributed by atoms with Crippen LogP contribution in [0.15, 0.2) is 40.4 Å². The van der Waals surface area contributed by atoms with Crippen LogP contribution in [0, 0.1) is 6.92 Å². The van der Waals surface area contributed by atoms with Gasteiger partial charge in [-0.15, -0.1) is 11.3 Å². The molecule has 1 N–H and O–H groups in total. The molecular weight excluding hydrogens is 350 g/mol. The van der Waals surface area contributed by atoms with E-state index in [9.17, 15) is 4.79 Å². The molecule has 0 bridgehead atoms. The molecule has 1 atom stereocenters. The van der Waals surface area contributed by atoms with Crippen LogP contribution in [0.25, 0.3) is 11.5 Å². The van der Waals surface area contributed by atoms with E-state index in [0.717, 1.165) is 35.8 Å². The molecule has 1 aliphatic rings. The van der Waals surface area contributed by atoms with Gasteiger partial charge in [-0.2, -0.15) is 4.98 Å². The molecule has 0 saturated carbocycles. The van der Waals surface area contributed by atoms with E-state index in [4.69, 9.17) is 4.52 Å². The van der Waals surface area contributed by atoms with Crippen LogP contribution in [0.4, 0.5) is 5.82 Å². The van der Waals surface area contributed by atoms with Gasteiger partial charge in [0.1, 0.15) is 5.82 Å². The first-order chi connectivity index (χ1) is 12.7. The molecular formula is C18H19N5O2S. The lowest BCUT2D eigenvalue weighted by Gasteiger charge is -2.18. The zero-order valence-corrected chi connectivity index (χ0v) is 15.2. The molecule has 26 heavy (non-hydrogen) atoms. The predicted octanol–water partition coefficient (Wildman–Crippen LogP) is 2.44. The van der Waals surface area contributed by atoms with Crippen molar-refractivity contribution < 1.29 is 9.32 Å². The minimum Gasteiger partial charge on any atom is -0.354 e. The first-order valence-corrected chi connectivity index (χ1v) is 9.39. The third kappa shape index (κ3) is 3.75. The summed E-state index contributed by atoms with van der Waals surface area (Å²) in [6.07, 6.45) is 3.11. The molecule has 4 heterocycles.